The molecule has 7 aromatic rings. The predicted molar refractivity (Wildman–Crippen MR) is 163 cm³/mol. The van der Waals surface area contributed by atoms with E-state index in [1.807, 2.05) is 48.5 Å². The molecule has 6 aromatic carbocycles. The summed E-state index contributed by atoms with van der Waals surface area (Å²) in [7, 11) is 0. The van der Waals surface area contributed by atoms with E-state index in [1.165, 1.54) is 5.56 Å². The fourth-order valence-corrected chi connectivity index (χ4v) is 5.46. The van der Waals surface area contributed by atoms with Gasteiger partial charge in [0.2, 0.25) is 0 Å². The summed E-state index contributed by atoms with van der Waals surface area (Å²) in [6.07, 6.45) is 0. The normalized spacial score (nSPS) is 11.2. The van der Waals surface area contributed by atoms with E-state index in [-0.39, 0.29) is 5.75 Å². The Labute approximate surface area is 227 Å². The lowest BCUT2D eigenvalue weighted by Crippen LogP contribution is -2.10. The van der Waals surface area contributed by atoms with Crippen LogP contribution in [0.5, 0.6) is 5.75 Å². The van der Waals surface area contributed by atoms with Gasteiger partial charge in [0, 0.05) is 33.9 Å². The SMILES string of the molecule is Oc1cc2c(cc1N(c1ccccc1)c1ccc(-c3ccccc3)cc1)c1ccccc1n2-c1ccccc1. The van der Waals surface area contributed by atoms with Gasteiger partial charge in [0.05, 0.1) is 16.7 Å². The fraction of sp³-hybridized carbons (Fsp3) is 0. The third kappa shape index (κ3) is 4.01. The fourth-order valence-electron chi connectivity index (χ4n) is 5.46. The molecule has 1 heterocycles. The van der Waals surface area contributed by atoms with E-state index in [0.717, 1.165) is 50.1 Å². The van der Waals surface area contributed by atoms with Crippen LogP contribution in [0.15, 0.2) is 152 Å². The van der Waals surface area contributed by atoms with E-state index in [0.29, 0.717) is 0 Å². The zero-order valence-corrected chi connectivity index (χ0v) is 21.3. The highest BCUT2D eigenvalue weighted by Gasteiger charge is 2.20. The molecule has 0 saturated heterocycles. The monoisotopic (exact) mass is 502 g/mol. The van der Waals surface area contributed by atoms with Gasteiger partial charge in [-0.2, -0.15) is 0 Å². The van der Waals surface area contributed by atoms with Gasteiger partial charge in [-0.1, -0.05) is 97.1 Å². The number of para-hydroxylation sites is 3. The molecule has 39 heavy (non-hydrogen) atoms. The molecular formula is C36H26N2O. The second-order valence-electron chi connectivity index (χ2n) is 9.63. The molecule has 3 nitrogen and oxygen atoms in total. The molecule has 0 unspecified atom stereocenters. The zero-order chi connectivity index (χ0) is 26.2. The van der Waals surface area contributed by atoms with Crippen LogP contribution in [0.4, 0.5) is 17.1 Å². The lowest BCUT2D eigenvalue weighted by Gasteiger charge is -2.26. The maximum absolute atomic E-state index is 11.6. The lowest BCUT2D eigenvalue weighted by molar-refractivity contribution is 0.477. The maximum Gasteiger partial charge on any atom is 0.141 e. The maximum atomic E-state index is 11.6. The van der Waals surface area contributed by atoms with Crippen molar-refractivity contribution in [3.8, 4) is 22.6 Å². The Kier molecular flexibility index (Phi) is 5.60. The highest BCUT2D eigenvalue weighted by molar-refractivity contribution is 6.11. The number of benzene rings is 6. The largest absolute Gasteiger partial charge is 0.506 e. The lowest BCUT2D eigenvalue weighted by atomic mass is 10.0. The van der Waals surface area contributed by atoms with Crippen LogP contribution < -0.4 is 4.90 Å². The molecule has 1 N–H and O–H groups in total. The first-order valence-electron chi connectivity index (χ1n) is 13.1. The number of rotatable bonds is 5. The summed E-state index contributed by atoms with van der Waals surface area (Å²) in [5.41, 5.74) is 8.15. The predicted octanol–water partition coefficient (Wildman–Crippen LogP) is 9.63. The molecule has 7 rings (SSSR count). The van der Waals surface area contributed by atoms with Crippen LogP contribution in [-0.2, 0) is 0 Å². The van der Waals surface area contributed by atoms with E-state index in [1.54, 1.807) is 0 Å². The van der Waals surface area contributed by atoms with Gasteiger partial charge >= 0.3 is 0 Å². The van der Waals surface area contributed by atoms with Gasteiger partial charge in [-0.3, -0.25) is 0 Å². The van der Waals surface area contributed by atoms with E-state index >= 15 is 0 Å². The first kappa shape index (κ1) is 22.9. The molecule has 0 radical (unpaired) electrons. The number of fused-ring (bicyclic) bond motifs is 3. The summed E-state index contributed by atoms with van der Waals surface area (Å²) in [5, 5.41) is 13.8. The van der Waals surface area contributed by atoms with Crippen LogP contribution in [0.25, 0.3) is 38.6 Å². The van der Waals surface area contributed by atoms with Crippen molar-refractivity contribution in [2.24, 2.45) is 0 Å². The number of anilines is 3. The summed E-state index contributed by atoms with van der Waals surface area (Å²) in [5.74, 6) is 0.221. The van der Waals surface area contributed by atoms with Crippen LogP contribution in [0, 0.1) is 0 Å². The van der Waals surface area contributed by atoms with Crippen molar-refractivity contribution in [3.63, 3.8) is 0 Å². The molecule has 0 saturated carbocycles. The Morgan fingerprint density at radius 1 is 0.462 bits per heavy atom. The van der Waals surface area contributed by atoms with E-state index in [9.17, 15) is 5.11 Å². The van der Waals surface area contributed by atoms with Crippen LogP contribution in [0.2, 0.25) is 0 Å². The molecule has 186 valence electrons. The Bertz CT molecular complexity index is 1890. The highest BCUT2D eigenvalue weighted by Crippen LogP contribution is 2.44. The van der Waals surface area contributed by atoms with Gasteiger partial charge in [-0.15, -0.1) is 0 Å². The van der Waals surface area contributed by atoms with Crippen molar-refractivity contribution in [2.75, 3.05) is 4.90 Å². The third-order valence-electron chi connectivity index (χ3n) is 7.27. The van der Waals surface area contributed by atoms with Gasteiger partial charge in [-0.05, 0) is 59.7 Å². The third-order valence-corrected chi connectivity index (χ3v) is 7.27. The quantitative estimate of drug-likeness (QED) is 0.254. The molecule has 0 amide bonds. The molecule has 1 aromatic heterocycles. The zero-order valence-electron chi connectivity index (χ0n) is 21.3. The van der Waals surface area contributed by atoms with Gasteiger partial charge in [-0.25, -0.2) is 0 Å². The standard InChI is InChI=1S/C36H26N2O/c39-36-25-34-32(31-18-10-11-19-33(31)38(34)29-16-8-3-9-17-29)24-35(36)37(28-14-6-2-7-15-28)30-22-20-27(21-23-30)26-12-4-1-5-13-26/h1-25,39H. The summed E-state index contributed by atoms with van der Waals surface area (Å²) >= 11 is 0. The van der Waals surface area contributed by atoms with E-state index in [2.05, 4.69) is 113 Å². The smallest absolute Gasteiger partial charge is 0.141 e. The Balaban J connectivity index is 1.44. The Hall–Kier alpha value is -5.28. The minimum absolute atomic E-state index is 0.221. The van der Waals surface area contributed by atoms with Gasteiger partial charge < -0.3 is 14.6 Å². The minimum atomic E-state index is 0.221. The van der Waals surface area contributed by atoms with Crippen LogP contribution in [0.3, 0.4) is 0 Å². The molecule has 0 aliphatic rings. The number of phenolic OH excluding ortho intramolecular Hbond substituents is 1. The Morgan fingerprint density at radius 2 is 1.03 bits per heavy atom. The molecular weight excluding hydrogens is 476 g/mol. The molecule has 3 heteroatoms. The van der Waals surface area contributed by atoms with E-state index in [4.69, 9.17) is 0 Å². The number of hydrogen-bond donors (Lipinski definition) is 1. The van der Waals surface area contributed by atoms with E-state index < -0.39 is 0 Å². The van der Waals surface area contributed by atoms with Gasteiger partial charge in [0.1, 0.15) is 5.75 Å². The number of aromatic nitrogens is 1. The summed E-state index contributed by atoms with van der Waals surface area (Å²) in [6.45, 7) is 0. The second-order valence-corrected chi connectivity index (χ2v) is 9.63. The number of hydrogen-bond acceptors (Lipinski definition) is 2. The average molecular weight is 503 g/mol. The number of aromatic hydroxyl groups is 1. The molecule has 0 aliphatic heterocycles. The van der Waals surface area contributed by atoms with Crippen molar-refractivity contribution >= 4 is 38.9 Å². The number of nitrogens with zero attached hydrogens (tertiary/aromatic N) is 2. The summed E-state index contributed by atoms with van der Waals surface area (Å²) < 4.78 is 2.22. The first-order chi connectivity index (χ1) is 19.3. The average Bonchev–Trinajstić information content (AvgIpc) is 3.32. The Morgan fingerprint density at radius 3 is 1.74 bits per heavy atom. The second kappa shape index (κ2) is 9.55. The van der Waals surface area contributed by atoms with Crippen LogP contribution >= 0.6 is 0 Å². The van der Waals surface area contributed by atoms with Crippen molar-refractivity contribution in [3.05, 3.63) is 152 Å². The summed E-state index contributed by atoms with van der Waals surface area (Å²) in [4.78, 5) is 2.12. The van der Waals surface area contributed by atoms with Crippen LogP contribution in [0.1, 0.15) is 0 Å². The van der Waals surface area contributed by atoms with Crippen molar-refractivity contribution in [1.82, 2.24) is 4.57 Å². The van der Waals surface area contributed by atoms with Crippen molar-refractivity contribution < 1.29 is 5.11 Å². The van der Waals surface area contributed by atoms with Gasteiger partial charge in [0.15, 0.2) is 0 Å². The van der Waals surface area contributed by atoms with Crippen LogP contribution in [-0.4, -0.2) is 9.67 Å². The van der Waals surface area contributed by atoms with Crippen molar-refractivity contribution in [1.29, 1.82) is 0 Å². The molecule has 0 spiro atoms. The summed E-state index contributed by atoms with van der Waals surface area (Å²) in [6, 6.07) is 51.8. The van der Waals surface area contributed by atoms with Gasteiger partial charge in [0.25, 0.3) is 0 Å². The molecule has 0 aliphatic carbocycles. The molecule has 0 atom stereocenters. The van der Waals surface area contributed by atoms with Crippen molar-refractivity contribution in [2.45, 2.75) is 0 Å². The number of phenols is 1. The molecule has 0 fully saturated rings. The first-order valence-corrected chi connectivity index (χ1v) is 13.1. The highest BCUT2D eigenvalue weighted by atomic mass is 16.3. The topological polar surface area (TPSA) is 28.4 Å². The minimum Gasteiger partial charge on any atom is -0.506 e. The molecule has 0 bridgehead atoms.